The van der Waals surface area contributed by atoms with Gasteiger partial charge < -0.3 is 4.90 Å². The van der Waals surface area contributed by atoms with Gasteiger partial charge >= 0.3 is 0 Å². The smallest absolute Gasteiger partial charge is 0.255 e. The van der Waals surface area contributed by atoms with Crippen molar-refractivity contribution in [3.05, 3.63) is 95.1 Å². The molecule has 6 heteroatoms. The summed E-state index contributed by atoms with van der Waals surface area (Å²) < 4.78 is 0. The van der Waals surface area contributed by atoms with Crippen LogP contribution in [0.4, 0.5) is 0 Å². The Morgan fingerprint density at radius 1 is 0.844 bits per heavy atom. The first-order valence-electron chi connectivity index (χ1n) is 10.5. The molecular weight excluding hydrogens is 404 g/mol. The molecule has 0 spiro atoms. The summed E-state index contributed by atoms with van der Waals surface area (Å²) >= 11 is 0. The Labute approximate surface area is 184 Å². The first-order valence-corrected chi connectivity index (χ1v) is 10.5. The van der Waals surface area contributed by atoms with Gasteiger partial charge in [0.2, 0.25) is 11.8 Å². The third-order valence-corrected chi connectivity index (χ3v) is 6.04. The number of carbonyl (C=O) groups excluding carboxylic acids is 4. The molecule has 5 rings (SSSR count). The average Bonchev–Trinajstić information content (AvgIpc) is 3.15. The number of hydrogen-bond donors (Lipinski definition) is 1. The number of carbonyl (C=O) groups is 4. The molecule has 6 nitrogen and oxygen atoms in total. The summed E-state index contributed by atoms with van der Waals surface area (Å²) in [4.78, 5) is 51.0. The lowest BCUT2D eigenvalue weighted by molar-refractivity contribution is -0.136. The first kappa shape index (κ1) is 19.9. The number of piperidine rings is 1. The topological polar surface area (TPSA) is 83.6 Å². The molecule has 3 amide bonds. The van der Waals surface area contributed by atoms with Gasteiger partial charge in [-0.1, -0.05) is 60.7 Å². The molecule has 0 aliphatic carbocycles. The summed E-state index contributed by atoms with van der Waals surface area (Å²) in [5.41, 5.74) is 4.37. The molecule has 3 aromatic rings. The highest BCUT2D eigenvalue weighted by atomic mass is 16.2. The third kappa shape index (κ3) is 3.50. The molecular formula is C26H20N2O4. The number of ketones is 1. The van der Waals surface area contributed by atoms with Crippen LogP contribution in [0.15, 0.2) is 72.8 Å². The average molecular weight is 424 g/mol. The standard InChI is InChI=1S/C26H20N2O4/c29-23-13-12-22(25(31)27-23)28-15-20-14-19(10-11-21(20)26(28)32)24(30)18-8-6-17(7-9-18)16-4-2-1-3-5-16/h1-11,14,22H,12-13,15H2,(H,27,29,31). The van der Waals surface area contributed by atoms with E-state index in [0.29, 0.717) is 28.7 Å². The van der Waals surface area contributed by atoms with Gasteiger partial charge in [0.15, 0.2) is 5.78 Å². The highest BCUT2D eigenvalue weighted by Crippen LogP contribution is 2.29. The van der Waals surface area contributed by atoms with Crippen molar-refractivity contribution in [2.75, 3.05) is 0 Å². The van der Waals surface area contributed by atoms with Crippen molar-refractivity contribution >= 4 is 23.5 Å². The Morgan fingerprint density at radius 2 is 1.53 bits per heavy atom. The zero-order chi connectivity index (χ0) is 22.2. The van der Waals surface area contributed by atoms with E-state index in [-0.39, 0.29) is 30.6 Å². The molecule has 32 heavy (non-hydrogen) atoms. The van der Waals surface area contributed by atoms with Crippen molar-refractivity contribution in [2.24, 2.45) is 0 Å². The van der Waals surface area contributed by atoms with Gasteiger partial charge in [-0.25, -0.2) is 0 Å². The van der Waals surface area contributed by atoms with Crippen LogP contribution in [-0.2, 0) is 16.1 Å². The summed E-state index contributed by atoms with van der Waals surface area (Å²) in [6, 6.07) is 21.7. The predicted octanol–water partition coefficient (Wildman–Crippen LogP) is 3.35. The number of fused-ring (bicyclic) bond motifs is 1. The normalized spacial score (nSPS) is 17.8. The Balaban J connectivity index is 1.36. The van der Waals surface area contributed by atoms with Crippen molar-refractivity contribution in [3.63, 3.8) is 0 Å². The Morgan fingerprint density at radius 3 is 2.25 bits per heavy atom. The fraction of sp³-hybridized carbons (Fsp3) is 0.154. The molecule has 2 aliphatic rings. The monoisotopic (exact) mass is 424 g/mol. The number of nitrogens with zero attached hydrogens (tertiary/aromatic N) is 1. The van der Waals surface area contributed by atoms with E-state index < -0.39 is 11.9 Å². The summed E-state index contributed by atoms with van der Waals surface area (Å²) in [5.74, 6) is -1.14. The highest BCUT2D eigenvalue weighted by Gasteiger charge is 2.39. The minimum Gasteiger partial charge on any atom is -0.322 e. The van der Waals surface area contributed by atoms with Crippen LogP contribution in [0.1, 0.15) is 44.7 Å². The van der Waals surface area contributed by atoms with E-state index in [0.717, 1.165) is 11.1 Å². The number of imide groups is 1. The second-order valence-corrected chi connectivity index (χ2v) is 8.04. The highest BCUT2D eigenvalue weighted by molar-refractivity contribution is 6.10. The SMILES string of the molecule is O=C1CCC(N2Cc3cc(C(=O)c4ccc(-c5ccccc5)cc4)ccc3C2=O)C(=O)N1. The lowest BCUT2D eigenvalue weighted by Crippen LogP contribution is -2.52. The van der Waals surface area contributed by atoms with Crippen LogP contribution in [0, 0.1) is 0 Å². The zero-order valence-corrected chi connectivity index (χ0v) is 17.2. The van der Waals surface area contributed by atoms with E-state index in [4.69, 9.17) is 0 Å². The molecule has 3 aromatic carbocycles. The minimum atomic E-state index is -0.669. The summed E-state index contributed by atoms with van der Waals surface area (Å²) in [5, 5.41) is 2.30. The van der Waals surface area contributed by atoms with Crippen LogP contribution < -0.4 is 5.32 Å². The Hall–Kier alpha value is -4.06. The molecule has 2 heterocycles. The number of rotatable bonds is 4. The van der Waals surface area contributed by atoms with E-state index in [2.05, 4.69) is 5.32 Å². The Bertz CT molecular complexity index is 1250. The molecule has 0 aromatic heterocycles. The summed E-state index contributed by atoms with van der Waals surface area (Å²) in [7, 11) is 0. The number of hydrogen-bond acceptors (Lipinski definition) is 4. The van der Waals surface area contributed by atoms with Gasteiger partial charge in [0.25, 0.3) is 5.91 Å². The van der Waals surface area contributed by atoms with Crippen LogP contribution in [-0.4, -0.2) is 34.4 Å². The molecule has 2 aliphatic heterocycles. The number of nitrogens with one attached hydrogen (secondary N) is 1. The van der Waals surface area contributed by atoms with E-state index in [9.17, 15) is 19.2 Å². The van der Waals surface area contributed by atoms with Crippen molar-refractivity contribution in [1.29, 1.82) is 0 Å². The number of amides is 3. The van der Waals surface area contributed by atoms with Gasteiger partial charge in [-0.05, 0) is 35.2 Å². The molecule has 1 saturated heterocycles. The van der Waals surface area contributed by atoms with Crippen molar-refractivity contribution < 1.29 is 19.2 Å². The first-order chi connectivity index (χ1) is 15.5. The summed E-state index contributed by atoms with van der Waals surface area (Å²) in [6.07, 6.45) is 0.517. The third-order valence-electron chi connectivity index (χ3n) is 6.04. The maximum atomic E-state index is 13.0. The van der Waals surface area contributed by atoms with Gasteiger partial charge in [0, 0.05) is 29.7 Å². The second-order valence-electron chi connectivity index (χ2n) is 8.04. The molecule has 0 radical (unpaired) electrons. The van der Waals surface area contributed by atoms with Gasteiger partial charge in [-0.15, -0.1) is 0 Å². The Kier molecular flexibility index (Phi) is 4.90. The molecule has 158 valence electrons. The van der Waals surface area contributed by atoms with Crippen molar-refractivity contribution in [3.8, 4) is 11.1 Å². The predicted molar refractivity (Wildman–Crippen MR) is 118 cm³/mol. The number of benzene rings is 3. The maximum absolute atomic E-state index is 13.0. The van der Waals surface area contributed by atoms with Gasteiger partial charge in [0.05, 0.1) is 0 Å². The van der Waals surface area contributed by atoms with E-state index in [1.807, 2.05) is 42.5 Å². The van der Waals surface area contributed by atoms with Crippen LogP contribution in [0.25, 0.3) is 11.1 Å². The van der Waals surface area contributed by atoms with Crippen LogP contribution in [0.2, 0.25) is 0 Å². The fourth-order valence-electron chi connectivity index (χ4n) is 4.33. The molecule has 0 saturated carbocycles. The van der Waals surface area contributed by atoms with Crippen LogP contribution in [0.3, 0.4) is 0 Å². The van der Waals surface area contributed by atoms with Crippen LogP contribution in [0.5, 0.6) is 0 Å². The maximum Gasteiger partial charge on any atom is 0.255 e. The van der Waals surface area contributed by atoms with Crippen molar-refractivity contribution in [1.82, 2.24) is 10.2 Å². The van der Waals surface area contributed by atoms with Crippen molar-refractivity contribution in [2.45, 2.75) is 25.4 Å². The molecule has 1 fully saturated rings. The molecule has 1 unspecified atom stereocenters. The van der Waals surface area contributed by atoms with Gasteiger partial charge in [0.1, 0.15) is 6.04 Å². The summed E-state index contributed by atoms with van der Waals surface area (Å²) in [6.45, 7) is 0.245. The molecule has 0 bridgehead atoms. The zero-order valence-electron chi connectivity index (χ0n) is 17.2. The molecule has 1 N–H and O–H groups in total. The van der Waals surface area contributed by atoms with E-state index in [1.165, 1.54) is 4.90 Å². The lowest BCUT2D eigenvalue weighted by Gasteiger charge is -2.29. The van der Waals surface area contributed by atoms with Crippen LogP contribution >= 0.6 is 0 Å². The van der Waals surface area contributed by atoms with Gasteiger partial charge in [-0.2, -0.15) is 0 Å². The quantitative estimate of drug-likeness (QED) is 0.514. The fourth-order valence-corrected chi connectivity index (χ4v) is 4.33. The van der Waals surface area contributed by atoms with E-state index in [1.54, 1.807) is 30.3 Å². The largest absolute Gasteiger partial charge is 0.322 e. The second kappa shape index (κ2) is 7.89. The van der Waals surface area contributed by atoms with Gasteiger partial charge in [-0.3, -0.25) is 24.5 Å². The molecule has 1 atom stereocenters. The minimum absolute atomic E-state index is 0.126. The van der Waals surface area contributed by atoms with E-state index >= 15 is 0 Å². The lowest BCUT2D eigenvalue weighted by atomic mass is 9.97.